The second-order valence-electron chi connectivity index (χ2n) is 6.05. The SMILES string of the molecule is COc1ccc(CCC(C)NC(=O)Cc2ccc(OC(F)F)cc2)cc1. The van der Waals surface area contributed by atoms with Gasteiger partial charge in [0.15, 0.2) is 0 Å². The molecule has 0 aliphatic rings. The van der Waals surface area contributed by atoms with Gasteiger partial charge in [0.2, 0.25) is 5.91 Å². The Morgan fingerprint density at radius 1 is 1.00 bits per heavy atom. The molecule has 0 bridgehead atoms. The van der Waals surface area contributed by atoms with Crippen molar-refractivity contribution in [3.05, 3.63) is 59.7 Å². The van der Waals surface area contributed by atoms with E-state index in [-0.39, 0.29) is 24.1 Å². The van der Waals surface area contributed by atoms with E-state index in [4.69, 9.17) is 4.74 Å². The van der Waals surface area contributed by atoms with Gasteiger partial charge >= 0.3 is 6.61 Å². The Bertz CT molecular complexity index is 687. The van der Waals surface area contributed by atoms with Crippen LogP contribution >= 0.6 is 0 Å². The molecule has 0 fully saturated rings. The van der Waals surface area contributed by atoms with Crippen molar-refractivity contribution < 1.29 is 23.0 Å². The number of carbonyl (C=O) groups is 1. The third kappa shape index (κ3) is 6.70. The first-order valence-electron chi connectivity index (χ1n) is 8.42. The summed E-state index contributed by atoms with van der Waals surface area (Å²) >= 11 is 0. The van der Waals surface area contributed by atoms with Crippen LogP contribution < -0.4 is 14.8 Å². The second kappa shape index (κ2) is 9.75. The summed E-state index contributed by atoms with van der Waals surface area (Å²) in [4.78, 5) is 12.1. The summed E-state index contributed by atoms with van der Waals surface area (Å²) in [6, 6.07) is 14.0. The molecule has 26 heavy (non-hydrogen) atoms. The molecule has 1 atom stereocenters. The number of carbonyl (C=O) groups excluding carboxylic acids is 1. The molecule has 2 aromatic carbocycles. The zero-order valence-electron chi connectivity index (χ0n) is 14.9. The largest absolute Gasteiger partial charge is 0.497 e. The van der Waals surface area contributed by atoms with Crippen molar-refractivity contribution in [2.24, 2.45) is 0 Å². The lowest BCUT2D eigenvalue weighted by atomic mass is 10.1. The highest BCUT2D eigenvalue weighted by Gasteiger charge is 2.10. The van der Waals surface area contributed by atoms with Gasteiger partial charge in [0.25, 0.3) is 0 Å². The number of nitrogens with one attached hydrogen (secondary N) is 1. The van der Waals surface area contributed by atoms with E-state index in [0.717, 1.165) is 24.2 Å². The zero-order chi connectivity index (χ0) is 18.9. The number of aryl methyl sites for hydroxylation is 1. The average molecular weight is 363 g/mol. The van der Waals surface area contributed by atoms with E-state index in [0.29, 0.717) is 0 Å². The number of ether oxygens (including phenoxy) is 2. The van der Waals surface area contributed by atoms with Crippen molar-refractivity contribution in [1.82, 2.24) is 5.32 Å². The molecule has 0 saturated carbocycles. The van der Waals surface area contributed by atoms with Crippen molar-refractivity contribution in [3.8, 4) is 11.5 Å². The summed E-state index contributed by atoms with van der Waals surface area (Å²) in [5.74, 6) is 0.798. The molecule has 0 heterocycles. The third-order valence-electron chi connectivity index (χ3n) is 3.95. The molecule has 0 saturated heterocycles. The average Bonchev–Trinajstić information content (AvgIpc) is 2.61. The van der Waals surface area contributed by atoms with Crippen LogP contribution in [0.15, 0.2) is 48.5 Å². The maximum Gasteiger partial charge on any atom is 0.387 e. The van der Waals surface area contributed by atoms with Crippen molar-refractivity contribution in [1.29, 1.82) is 0 Å². The summed E-state index contributed by atoms with van der Waals surface area (Å²) in [5, 5.41) is 2.95. The molecule has 140 valence electrons. The lowest BCUT2D eigenvalue weighted by molar-refractivity contribution is -0.121. The summed E-state index contributed by atoms with van der Waals surface area (Å²) < 4.78 is 33.6. The highest BCUT2D eigenvalue weighted by Crippen LogP contribution is 2.16. The molecule has 1 amide bonds. The molecule has 0 radical (unpaired) electrons. The lowest BCUT2D eigenvalue weighted by Crippen LogP contribution is -2.34. The van der Waals surface area contributed by atoms with Gasteiger partial charge in [-0.25, -0.2) is 0 Å². The van der Waals surface area contributed by atoms with E-state index in [1.807, 2.05) is 31.2 Å². The number of amides is 1. The van der Waals surface area contributed by atoms with Crippen LogP contribution in [0.2, 0.25) is 0 Å². The first-order chi connectivity index (χ1) is 12.5. The van der Waals surface area contributed by atoms with E-state index in [2.05, 4.69) is 10.1 Å². The van der Waals surface area contributed by atoms with Crippen molar-refractivity contribution in [2.45, 2.75) is 38.8 Å². The maximum atomic E-state index is 12.1. The fraction of sp³-hybridized carbons (Fsp3) is 0.350. The Kier molecular flexibility index (Phi) is 7.38. The van der Waals surface area contributed by atoms with Gasteiger partial charge in [0, 0.05) is 6.04 Å². The van der Waals surface area contributed by atoms with Gasteiger partial charge in [-0.15, -0.1) is 0 Å². The number of hydrogen-bond acceptors (Lipinski definition) is 3. The van der Waals surface area contributed by atoms with Crippen LogP contribution in [0.3, 0.4) is 0 Å². The van der Waals surface area contributed by atoms with Gasteiger partial charge in [0.1, 0.15) is 11.5 Å². The Labute approximate surface area is 152 Å². The van der Waals surface area contributed by atoms with Crippen molar-refractivity contribution in [3.63, 3.8) is 0 Å². The lowest BCUT2D eigenvalue weighted by Gasteiger charge is -2.14. The van der Waals surface area contributed by atoms with Gasteiger partial charge in [0.05, 0.1) is 13.5 Å². The smallest absolute Gasteiger partial charge is 0.387 e. The molecule has 0 spiro atoms. The summed E-state index contributed by atoms with van der Waals surface area (Å²) in [5.41, 5.74) is 1.92. The molecule has 4 nitrogen and oxygen atoms in total. The maximum absolute atomic E-state index is 12.1. The first-order valence-corrected chi connectivity index (χ1v) is 8.42. The Hall–Kier alpha value is -2.63. The summed E-state index contributed by atoms with van der Waals surface area (Å²) in [6.07, 6.45) is 1.87. The van der Waals surface area contributed by atoms with Crippen LogP contribution in [0.4, 0.5) is 8.78 Å². The monoisotopic (exact) mass is 363 g/mol. The number of hydrogen-bond donors (Lipinski definition) is 1. The van der Waals surface area contributed by atoms with E-state index in [9.17, 15) is 13.6 Å². The molecule has 2 aromatic rings. The van der Waals surface area contributed by atoms with Crippen molar-refractivity contribution in [2.75, 3.05) is 7.11 Å². The minimum atomic E-state index is -2.85. The van der Waals surface area contributed by atoms with Gasteiger partial charge < -0.3 is 14.8 Å². The molecule has 0 aliphatic carbocycles. The number of alkyl halides is 2. The Morgan fingerprint density at radius 3 is 2.15 bits per heavy atom. The number of methoxy groups -OCH3 is 1. The highest BCUT2D eigenvalue weighted by molar-refractivity contribution is 5.78. The topological polar surface area (TPSA) is 47.6 Å². The summed E-state index contributed by atoms with van der Waals surface area (Å²) in [7, 11) is 1.63. The van der Waals surface area contributed by atoms with Crippen LogP contribution in [0, 0.1) is 0 Å². The molecule has 1 unspecified atom stereocenters. The number of halogens is 2. The van der Waals surface area contributed by atoms with Crippen LogP contribution in [0.1, 0.15) is 24.5 Å². The quantitative estimate of drug-likeness (QED) is 0.733. The molecular formula is C20H23F2NO3. The standard InChI is InChI=1S/C20H23F2NO3/c1-14(3-4-15-5-9-17(25-2)10-6-15)23-19(24)13-16-7-11-18(12-8-16)26-20(21)22/h5-12,14,20H,3-4,13H2,1-2H3,(H,23,24). The van der Waals surface area contributed by atoms with Crippen LogP contribution in [-0.4, -0.2) is 25.7 Å². The van der Waals surface area contributed by atoms with Crippen LogP contribution in [0.5, 0.6) is 11.5 Å². The third-order valence-corrected chi connectivity index (χ3v) is 3.95. The molecule has 2 rings (SSSR count). The van der Waals surface area contributed by atoms with Crippen molar-refractivity contribution >= 4 is 5.91 Å². The fourth-order valence-corrected chi connectivity index (χ4v) is 2.55. The second-order valence-corrected chi connectivity index (χ2v) is 6.05. The van der Waals surface area contributed by atoms with E-state index in [1.165, 1.54) is 17.7 Å². The van der Waals surface area contributed by atoms with Gasteiger partial charge in [-0.2, -0.15) is 8.78 Å². The molecule has 0 aromatic heterocycles. The number of benzene rings is 2. The molecule has 6 heteroatoms. The summed E-state index contributed by atoms with van der Waals surface area (Å²) in [6.45, 7) is -0.892. The van der Waals surface area contributed by atoms with Crippen LogP contribution in [0.25, 0.3) is 0 Å². The molecule has 1 N–H and O–H groups in total. The predicted molar refractivity (Wildman–Crippen MR) is 95.7 cm³/mol. The minimum Gasteiger partial charge on any atom is -0.497 e. The number of rotatable bonds is 9. The zero-order valence-corrected chi connectivity index (χ0v) is 14.9. The minimum absolute atomic E-state index is 0.0334. The highest BCUT2D eigenvalue weighted by atomic mass is 19.3. The fourth-order valence-electron chi connectivity index (χ4n) is 2.55. The van der Waals surface area contributed by atoms with Gasteiger partial charge in [-0.05, 0) is 55.2 Å². The molecule has 0 aliphatic heterocycles. The first kappa shape index (κ1) is 19.7. The Balaban J connectivity index is 1.75. The van der Waals surface area contributed by atoms with E-state index < -0.39 is 6.61 Å². The normalized spacial score (nSPS) is 11.9. The van der Waals surface area contributed by atoms with Gasteiger partial charge in [-0.3, -0.25) is 4.79 Å². The van der Waals surface area contributed by atoms with Crippen LogP contribution in [-0.2, 0) is 17.6 Å². The van der Waals surface area contributed by atoms with Gasteiger partial charge in [-0.1, -0.05) is 24.3 Å². The molecular weight excluding hydrogens is 340 g/mol. The predicted octanol–water partition coefficient (Wildman–Crippen LogP) is 3.98. The van der Waals surface area contributed by atoms with E-state index in [1.54, 1.807) is 19.2 Å². The Morgan fingerprint density at radius 2 is 1.58 bits per heavy atom. The van der Waals surface area contributed by atoms with E-state index >= 15 is 0 Å².